The van der Waals surface area contributed by atoms with E-state index >= 15 is 0 Å². The van der Waals surface area contributed by atoms with Crippen molar-refractivity contribution in [3.63, 3.8) is 0 Å². The van der Waals surface area contributed by atoms with Crippen LogP contribution in [0.15, 0.2) is 17.6 Å². The van der Waals surface area contributed by atoms with Crippen molar-refractivity contribution in [2.24, 2.45) is 18.9 Å². The number of nitrogens with zero attached hydrogens (tertiary/aromatic N) is 4. The summed E-state index contributed by atoms with van der Waals surface area (Å²) in [5.74, 6) is 1.27. The minimum absolute atomic E-state index is 0.165. The lowest BCUT2D eigenvalue weighted by Gasteiger charge is -2.34. The molecule has 7 heteroatoms. The van der Waals surface area contributed by atoms with Gasteiger partial charge in [0.15, 0.2) is 5.03 Å². The zero-order valence-corrected chi connectivity index (χ0v) is 15.2. The van der Waals surface area contributed by atoms with E-state index in [4.69, 9.17) is 0 Å². The molecule has 1 atom stereocenters. The summed E-state index contributed by atoms with van der Waals surface area (Å²) in [5.41, 5.74) is 0. The molecular weight excluding hydrogens is 312 g/mol. The molecule has 0 N–H and O–H groups in total. The first-order valence-corrected chi connectivity index (χ1v) is 10.0. The number of aromatic nitrogens is 2. The number of hydrogen-bond acceptors (Lipinski definition) is 4. The molecule has 2 aliphatic rings. The largest absolute Gasteiger partial charge is 0.339 e. The molecule has 3 rings (SSSR count). The van der Waals surface area contributed by atoms with Gasteiger partial charge in [-0.05, 0) is 37.6 Å². The molecule has 6 nitrogen and oxygen atoms in total. The van der Waals surface area contributed by atoms with Gasteiger partial charge in [-0.1, -0.05) is 13.8 Å². The Bertz CT molecular complexity index is 636. The van der Waals surface area contributed by atoms with Crippen LogP contribution in [0.1, 0.15) is 33.1 Å². The second kappa shape index (κ2) is 6.53. The van der Waals surface area contributed by atoms with Crippen LogP contribution in [0.25, 0.3) is 0 Å². The SMILES string of the molecule is CC(C)C1CN(S(=O)(=O)c2cn(C)cn2)CCCN1CC1CC1. The Morgan fingerprint density at radius 1 is 1.30 bits per heavy atom. The first-order chi connectivity index (χ1) is 10.9. The second-order valence-electron chi connectivity index (χ2n) is 7.34. The van der Waals surface area contributed by atoms with E-state index in [1.54, 1.807) is 28.4 Å². The number of rotatable bonds is 5. The lowest BCUT2D eigenvalue weighted by atomic mass is 10.0. The molecule has 1 saturated carbocycles. The Balaban J connectivity index is 1.80. The number of aryl methyl sites for hydroxylation is 1. The fraction of sp³-hybridized carbons (Fsp3) is 0.812. The average molecular weight is 340 g/mol. The molecule has 1 aromatic rings. The molecule has 130 valence electrons. The molecular formula is C16H28N4O2S. The third-order valence-corrected chi connectivity index (χ3v) is 6.71. The maximum absolute atomic E-state index is 12.9. The van der Waals surface area contributed by atoms with Gasteiger partial charge in [-0.25, -0.2) is 13.4 Å². The zero-order valence-electron chi connectivity index (χ0n) is 14.4. The summed E-state index contributed by atoms with van der Waals surface area (Å²) >= 11 is 0. The van der Waals surface area contributed by atoms with E-state index in [-0.39, 0.29) is 11.1 Å². The number of imidazole rings is 1. The Kier molecular flexibility index (Phi) is 4.80. The number of hydrogen-bond donors (Lipinski definition) is 0. The molecule has 2 fully saturated rings. The molecule has 0 aromatic carbocycles. The van der Waals surface area contributed by atoms with Gasteiger partial charge < -0.3 is 4.57 Å². The second-order valence-corrected chi connectivity index (χ2v) is 9.23. The molecule has 2 heterocycles. The topological polar surface area (TPSA) is 58.4 Å². The van der Waals surface area contributed by atoms with Crippen molar-refractivity contribution in [3.05, 3.63) is 12.5 Å². The van der Waals surface area contributed by atoms with Crippen molar-refractivity contribution < 1.29 is 8.42 Å². The highest BCUT2D eigenvalue weighted by Gasteiger charge is 2.36. The van der Waals surface area contributed by atoms with Crippen LogP contribution in [0.4, 0.5) is 0 Å². The monoisotopic (exact) mass is 340 g/mol. The van der Waals surface area contributed by atoms with Gasteiger partial charge in [0.1, 0.15) is 0 Å². The van der Waals surface area contributed by atoms with E-state index < -0.39 is 10.0 Å². The van der Waals surface area contributed by atoms with Gasteiger partial charge in [0.05, 0.1) is 6.33 Å². The summed E-state index contributed by atoms with van der Waals surface area (Å²) in [6.07, 6.45) is 6.69. The Morgan fingerprint density at radius 2 is 2.04 bits per heavy atom. The van der Waals surface area contributed by atoms with Gasteiger partial charge in [-0.15, -0.1) is 0 Å². The summed E-state index contributed by atoms with van der Waals surface area (Å²) in [5, 5.41) is 0.165. The van der Waals surface area contributed by atoms with Crippen molar-refractivity contribution in [2.75, 3.05) is 26.2 Å². The summed E-state index contributed by atoms with van der Waals surface area (Å²) in [6, 6.07) is 0.289. The molecule has 0 radical (unpaired) electrons. The first-order valence-electron chi connectivity index (χ1n) is 8.60. The van der Waals surface area contributed by atoms with Crippen molar-refractivity contribution in [3.8, 4) is 0 Å². The van der Waals surface area contributed by atoms with Gasteiger partial charge in [-0.3, -0.25) is 4.90 Å². The average Bonchev–Trinajstić information content (AvgIpc) is 3.23. The quantitative estimate of drug-likeness (QED) is 0.816. The van der Waals surface area contributed by atoms with E-state index in [0.717, 1.165) is 25.4 Å². The predicted octanol–water partition coefficient (Wildman–Crippen LogP) is 1.55. The molecule has 1 aromatic heterocycles. The Morgan fingerprint density at radius 3 is 2.61 bits per heavy atom. The van der Waals surface area contributed by atoms with Crippen molar-refractivity contribution in [1.82, 2.24) is 18.8 Å². The highest BCUT2D eigenvalue weighted by molar-refractivity contribution is 7.89. The first kappa shape index (κ1) is 16.9. The van der Waals surface area contributed by atoms with Crippen LogP contribution in [-0.4, -0.2) is 59.4 Å². The Labute approximate surface area is 139 Å². The van der Waals surface area contributed by atoms with Crippen LogP contribution >= 0.6 is 0 Å². The van der Waals surface area contributed by atoms with Crippen LogP contribution in [-0.2, 0) is 17.1 Å². The van der Waals surface area contributed by atoms with Crippen LogP contribution in [0.5, 0.6) is 0 Å². The molecule has 1 unspecified atom stereocenters. The van der Waals surface area contributed by atoms with E-state index in [9.17, 15) is 8.42 Å². The third kappa shape index (κ3) is 3.78. The summed E-state index contributed by atoms with van der Waals surface area (Å²) in [7, 11) is -1.70. The molecule has 1 saturated heterocycles. The van der Waals surface area contributed by atoms with Gasteiger partial charge in [0, 0.05) is 38.9 Å². The summed E-state index contributed by atoms with van der Waals surface area (Å²) in [6.45, 7) is 7.67. The Hall–Kier alpha value is -0.920. The number of sulfonamides is 1. The fourth-order valence-corrected chi connectivity index (χ4v) is 4.86. The molecule has 0 spiro atoms. The molecule has 0 amide bonds. The standard InChI is InChI=1S/C16H28N4O2S/c1-13(2)15-10-20(8-4-7-19(15)9-14-5-6-14)23(21,22)16-11-18(3)12-17-16/h11-15H,4-10H2,1-3H3. The molecule has 0 bridgehead atoms. The minimum Gasteiger partial charge on any atom is -0.339 e. The van der Waals surface area contributed by atoms with E-state index in [1.807, 2.05) is 0 Å². The van der Waals surface area contributed by atoms with Gasteiger partial charge in [-0.2, -0.15) is 4.31 Å². The van der Waals surface area contributed by atoms with E-state index in [2.05, 4.69) is 23.7 Å². The maximum Gasteiger partial charge on any atom is 0.262 e. The van der Waals surface area contributed by atoms with Crippen molar-refractivity contribution in [2.45, 2.75) is 44.2 Å². The van der Waals surface area contributed by atoms with Gasteiger partial charge in [0.2, 0.25) is 0 Å². The molecule has 1 aliphatic heterocycles. The molecule has 23 heavy (non-hydrogen) atoms. The van der Waals surface area contributed by atoms with Crippen LogP contribution in [0.2, 0.25) is 0 Å². The minimum atomic E-state index is -3.49. The highest BCUT2D eigenvalue weighted by atomic mass is 32.2. The lowest BCUT2D eigenvalue weighted by molar-refractivity contribution is 0.150. The van der Waals surface area contributed by atoms with Gasteiger partial charge >= 0.3 is 0 Å². The summed E-state index contributed by atoms with van der Waals surface area (Å²) in [4.78, 5) is 6.58. The zero-order chi connectivity index (χ0) is 16.6. The highest BCUT2D eigenvalue weighted by Crippen LogP contribution is 2.32. The summed E-state index contributed by atoms with van der Waals surface area (Å²) < 4.78 is 29.1. The smallest absolute Gasteiger partial charge is 0.262 e. The van der Waals surface area contributed by atoms with E-state index in [1.165, 1.54) is 12.8 Å². The predicted molar refractivity (Wildman–Crippen MR) is 89.5 cm³/mol. The van der Waals surface area contributed by atoms with Crippen molar-refractivity contribution in [1.29, 1.82) is 0 Å². The maximum atomic E-state index is 12.9. The van der Waals surface area contributed by atoms with Crippen molar-refractivity contribution >= 4 is 10.0 Å². The van der Waals surface area contributed by atoms with Crippen LogP contribution in [0, 0.1) is 11.8 Å². The molecule has 1 aliphatic carbocycles. The normalized spacial score (nSPS) is 25.0. The lowest BCUT2D eigenvalue weighted by Crippen LogP contribution is -2.46. The van der Waals surface area contributed by atoms with Crippen LogP contribution < -0.4 is 0 Å². The van der Waals surface area contributed by atoms with E-state index in [0.29, 0.717) is 19.0 Å². The van der Waals surface area contributed by atoms with Gasteiger partial charge in [0.25, 0.3) is 10.0 Å². The fourth-order valence-electron chi connectivity index (χ4n) is 3.40. The van der Waals surface area contributed by atoms with Crippen LogP contribution in [0.3, 0.4) is 0 Å². The third-order valence-electron chi connectivity index (χ3n) is 4.96.